The molecule has 0 aliphatic carbocycles. The predicted octanol–water partition coefficient (Wildman–Crippen LogP) is 3.51. The zero-order valence-corrected chi connectivity index (χ0v) is 9.88. The van der Waals surface area contributed by atoms with Crippen molar-refractivity contribution in [3.8, 4) is 0 Å². The second-order valence-electron chi connectivity index (χ2n) is 2.66. The molecule has 2 nitrogen and oxygen atoms in total. The van der Waals surface area contributed by atoms with Gasteiger partial charge in [-0.1, -0.05) is 0 Å². The van der Waals surface area contributed by atoms with E-state index in [9.17, 15) is 13.2 Å². The first-order valence-corrected chi connectivity index (χ1v) is 5.54. The van der Waals surface area contributed by atoms with E-state index in [0.29, 0.717) is 11.5 Å². The molecule has 1 aromatic rings. The molecule has 0 saturated carbocycles. The zero-order chi connectivity index (χ0) is 12.2. The Morgan fingerprint density at radius 3 is 2.81 bits per heavy atom. The normalized spacial score (nSPS) is 11.2. The summed E-state index contributed by atoms with van der Waals surface area (Å²) >= 11 is 5.78. The quantitative estimate of drug-likeness (QED) is 0.604. The number of hydrogen-bond acceptors (Lipinski definition) is 4. The Morgan fingerprint density at radius 2 is 2.25 bits per heavy atom. The van der Waals surface area contributed by atoms with Gasteiger partial charge in [0, 0.05) is 11.1 Å². The van der Waals surface area contributed by atoms with E-state index >= 15 is 0 Å². The van der Waals surface area contributed by atoms with E-state index in [1.807, 2.05) is 0 Å². The van der Waals surface area contributed by atoms with Crippen LogP contribution in [0.1, 0.15) is 12.6 Å². The maximum atomic E-state index is 12.3. The maximum Gasteiger partial charge on any atom is 0.433 e. The average Bonchev–Trinajstić information content (AvgIpc) is 2.17. The highest BCUT2D eigenvalue weighted by atomic mass is 32.2. The van der Waals surface area contributed by atoms with Crippen LogP contribution in [0.25, 0.3) is 0 Å². The van der Waals surface area contributed by atoms with Gasteiger partial charge in [0.15, 0.2) is 0 Å². The lowest BCUT2D eigenvalue weighted by Crippen LogP contribution is -2.07. The Labute approximate surface area is 100 Å². The van der Waals surface area contributed by atoms with Crippen LogP contribution in [0.2, 0.25) is 0 Å². The molecule has 0 atom stereocenters. The standard InChI is InChI=1S/C9H8F3NOS2/c1-2-14-8(15)16-6-3-4-13-7(5-6)9(10,11)12/h3-5H,2H2,1H3. The number of thioether (sulfide) groups is 1. The van der Waals surface area contributed by atoms with Gasteiger partial charge < -0.3 is 4.74 Å². The third kappa shape index (κ3) is 3.97. The Hall–Kier alpha value is -0.820. The summed E-state index contributed by atoms with van der Waals surface area (Å²) in [6.07, 6.45) is -3.34. The molecule has 0 fully saturated rings. The predicted molar refractivity (Wildman–Crippen MR) is 59.3 cm³/mol. The highest BCUT2D eigenvalue weighted by Crippen LogP contribution is 2.30. The van der Waals surface area contributed by atoms with Gasteiger partial charge in [0.2, 0.25) is 4.38 Å². The summed E-state index contributed by atoms with van der Waals surface area (Å²) < 4.78 is 42.1. The number of ether oxygens (including phenoxy) is 1. The molecular formula is C9H8F3NOS2. The number of pyridine rings is 1. The Balaban J connectivity index is 2.79. The van der Waals surface area contributed by atoms with Crippen LogP contribution in [-0.2, 0) is 10.9 Å². The van der Waals surface area contributed by atoms with Crippen molar-refractivity contribution in [2.45, 2.75) is 18.0 Å². The largest absolute Gasteiger partial charge is 0.479 e. The van der Waals surface area contributed by atoms with Crippen molar-refractivity contribution in [1.82, 2.24) is 4.98 Å². The minimum Gasteiger partial charge on any atom is -0.479 e. The van der Waals surface area contributed by atoms with Crippen LogP contribution in [-0.4, -0.2) is 16.0 Å². The van der Waals surface area contributed by atoms with Crippen LogP contribution in [0.3, 0.4) is 0 Å². The van der Waals surface area contributed by atoms with Crippen molar-refractivity contribution >= 4 is 28.4 Å². The summed E-state index contributed by atoms with van der Waals surface area (Å²) in [5.74, 6) is 0. The van der Waals surface area contributed by atoms with Gasteiger partial charge in [-0.3, -0.25) is 4.98 Å². The summed E-state index contributed by atoms with van der Waals surface area (Å²) in [5, 5.41) is 0. The van der Waals surface area contributed by atoms with Crippen LogP contribution >= 0.6 is 24.0 Å². The topological polar surface area (TPSA) is 22.1 Å². The highest BCUT2D eigenvalue weighted by Gasteiger charge is 2.32. The molecule has 0 radical (unpaired) electrons. The first kappa shape index (κ1) is 13.2. The zero-order valence-electron chi connectivity index (χ0n) is 8.25. The first-order chi connectivity index (χ1) is 7.43. The summed E-state index contributed by atoms with van der Waals surface area (Å²) in [6.45, 7) is 2.14. The molecule has 1 rings (SSSR count). The van der Waals surface area contributed by atoms with E-state index in [0.717, 1.165) is 24.0 Å². The molecule has 0 amide bonds. The molecule has 88 valence electrons. The molecule has 0 aromatic carbocycles. The SMILES string of the molecule is CCOC(=S)Sc1ccnc(C(F)(F)F)c1. The number of thiocarbonyl (C=S) groups is 1. The summed E-state index contributed by atoms with van der Waals surface area (Å²) in [7, 11) is 0. The molecule has 0 N–H and O–H groups in total. The summed E-state index contributed by atoms with van der Waals surface area (Å²) in [6, 6.07) is 2.39. The van der Waals surface area contributed by atoms with Crippen molar-refractivity contribution in [1.29, 1.82) is 0 Å². The third-order valence-corrected chi connectivity index (χ3v) is 2.63. The van der Waals surface area contributed by atoms with E-state index in [1.54, 1.807) is 6.92 Å². The van der Waals surface area contributed by atoms with Crippen LogP contribution in [0, 0.1) is 0 Å². The fourth-order valence-electron chi connectivity index (χ4n) is 0.873. The van der Waals surface area contributed by atoms with Gasteiger partial charge in [0.1, 0.15) is 5.69 Å². The molecule has 0 saturated heterocycles. The Kier molecular flexibility index (Phi) is 4.55. The molecule has 7 heteroatoms. The number of nitrogens with zero attached hydrogens (tertiary/aromatic N) is 1. The summed E-state index contributed by atoms with van der Waals surface area (Å²) in [5.41, 5.74) is -0.934. The number of aromatic nitrogens is 1. The second-order valence-corrected chi connectivity index (χ2v) is 4.34. The average molecular weight is 267 g/mol. The van der Waals surface area contributed by atoms with Crippen LogP contribution in [0.5, 0.6) is 0 Å². The van der Waals surface area contributed by atoms with Crippen molar-refractivity contribution in [3.05, 3.63) is 24.0 Å². The molecule has 16 heavy (non-hydrogen) atoms. The van der Waals surface area contributed by atoms with Crippen molar-refractivity contribution < 1.29 is 17.9 Å². The van der Waals surface area contributed by atoms with Gasteiger partial charge in [-0.05, 0) is 43.0 Å². The molecule has 1 aromatic heterocycles. The molecule has 0 unspecified atom stereocenters. The third-order valence-electron chi connectivity index (χ3n) is 1.49. The lowest BCUT2D eigenvalue weighted by atomic mass is 10.3. The number of hydrogen-bond donors (Lipinski definition) is 0. The van der Waals surface area contributed by atoms with Crippen LogP contribution in [0.4, 0.5) is 13.2 Å². The van der Waals surface area contributed by atoms with Crippen molar-refractivity contribution in [3.63, 3.8) is 0 Å². The van der Waals surface area contributed by atoms with Gasteiger partial charge in [0.25, 0.3) is 0 Å². The van der Waals surface area contributed by atoms with Gasteiger partial charge in [-0.15, -0.1) is 0 Å². The smallest absolute Gasteiger partial charge is 0.433 e. The maximum absolute atomic E-state index is 12.3. The molecule has 0 bridgehead atoms. The number of rotatable bonds is 2. The Morgan fingerprint density at radius 1 is 1.56 bits per heavy atom. The Bertz CT molecular complexity index is 381. The van der Waals surface area contributed by atoms with E-state index in [2.05, 4.69) is 4.98 Å². The van der Waals surface area contributed by atoms with Crippen LogP contribution < -0.4 is 0 Å². The van der Waals surface area contributed by atoms with Gasteiger partial charge in [-0.25, -0.2) is 0 Å². The fraction of sp³-hybridized carbons (Fsp3) is 0.333. The monoisotopic (exact) mass is 267 g/mol. The van der Waals surface area contributed by atoms with Crippen LogP contribution in [0.15, 0.2) is 23.2 Å². The van der Waals surface area contributed by atoms with Crippen molar-refractivity contribution in [2.24, 2.45) is 0 Å². The van der Waals surface area contributed by atoms with Gasteiger partial charge in [0.05, 0.1) is 6.61 Å². The lowest BCUT2D eigenvalue weighted by Gasteiger charge is -2.07. The van der Waals surface area contributed by atoms with Gasteiger partial charge in [-0.2, -0.15) is 13.2 Å². The van der Waals surface area contributed by atoms with E-state index < -0.39 is 11.9 Å². The van der Waals surface area contributed by atoms with Gasteiger partial charge >= 0.3 is 6.18 Å². The highest BCUT2D eigenvalue weighted by molar-refractivity contribution is 8.22. The molecule has 1 heterocycles. The van der Waals surface area contributed by atoms with E-state index in [4.69, 9.17) is 17.0 Å². The minimum absolute atomic E-state index is 0.196. The fourth-order valence-corrected chi connectivity index (χ4v) is 1.95. The van der Waals surface area contributed by atoms with E-state index in [1.165, 1.54) is 6.07 Å². The van der Waals surface area contributed by atoms with E-state index in [-0.39, 0.29) is 4.38 Å². The minimum atomic E-state index is -4.44. The first-order valence-electron chi connectivity index (χ1n) is 4.31. The number of alkyl halides is 3. The molecule has 0 spiro atoms. The number of halogens is 3. The molecule has 0 aliphatic heterocycles. The summed E-state index contributed by atoms with van der Waals surface area (Å²) in [4.78, 5) is 3.60. The van der Waals surface area contributed by atoms with Crippen molar-refractivity contribution in [2.75, 3.05) is 6.61 Å². The second kappa shape index (κ2) is 5.49. The molecule has 0 aliphatic rings. The molecular weight excluding hydrogens is 259 g/mol. The lowest BCUT2D eigenvalue weighted by molar-refractivity contribution is -0.141.